The number of ether oxygens (including phenoxy) is 2. The van der Waals surface area contributed by atoms with E-state index in [1.165, 1.54) is 5.01 Å². The summed E-state index contributed by atoms with van der Waals surface area (Å²) in [6.45, 7) is 6.00. The van der Waals surface area contributed by atoms with E-state index in [9.17, 15) is 4.39 Å². The highest BCUT2D eigenvalue weighted by molar-refractivity contribution is 5.66. The molecule has 8 heteroatoms. The maximum absolute atomic E-state index is 14.0. The van der Waals surface area contributed by atoms with Crippen molar-refractivity contribution >= 4 is 12.4 Å². The van der Waals surface area contributed by atoms with E-state index >= 15 is 0 Å². The fourth-order valence-corrected chi connectivity index (χ4v) is 4.82. The lowest BCUT2D eigenvalue weighted by Crippen LogP contribution is -2.44. The Kier molecular flexibility index (Phi) is 11.3. The van der Waals surface area contributed by atoms with E-state index in [4.69, 9.17) is 15.3 Å². The van der Waals surface area contributed by atoms with E-state index in [0.717, 1.165) is 47.5 Å². The minimum absolute atomic E-state index is 0.149. The number of hydrazine groups is 1. The van der Waals surface area contributed by atoms with Crippen LogP contribution in [0.4, 0.5) is 10.1 Å². The smallest absolute Gasteiger partial charge is 0.159 e. The van der Waals surface area contributed by atoms with Crippen LogP contribution in [0.3, 0.4) is 0 Å². The number of nitrogens with two attached hydrogens (primary N) is 1. The van der Waals surface area contributed by atoms with Gasteiger partial charge in [0.15, 0.2) is 6.29 Å². The monoisotopic (exact) mass is 525 g/mol. The number of hydrogen-bond acceptors (Lipinski definition) is 7. The van der Waals surface area contributed by atoms with Crippen molar-refractivity contribution in [2.45, 2.75) is 57.1 Å². The number of anilines is 1. The van der Waals surface area contributed by atoms with E-state index in [1.807, 2.05) is 26.2 Å². The molecule has 1 fully saturated rings. The summed E-state index contributed by atoms with van der Waals surface area (Å²) in [7, 11) is 7.83. The van der Waals surface area contributed by atoms with E-state index in [0.29, 0.717) is 18.9 Å². The van der Waals surface area contributed by atoms with Gasteiger partial charge in [0.25, 0.3) is 0 Å². The molecule has 0 aromatic heterocycles. The number of hydrogen-bond donors (Lipinski definition) is 1. The van der Waals surface area contributed by atoms with E-state index in [-0.39, 0.29) is 12.4 Å². The van der Waals surface area contributed by atoms with Gasteiger partial charge in [-0.3, -0.25) is 4.99 Å². The van der Waals surface area contributed by atoms with Crippen molar-refractivity contribution in [3.63, 3.8) is 0 Å². The van der Waals surface area contributed by atoms with Crippen LogP contribution < -0.4 is 10.7 Å². The van der Waals surface area contributed by atoms with Crippen LogP contribution in [0.1, 0.15) is 31.7 Å². The molecule has 208 valence electrons. The highest BCUT2D eigenvalue weighted by atomic mass is 19.1. The minimum atomic E-state index is -0.566. The average Bonchev–Trinajstić information content (AvgIpc) is 2.93. The third-order valence-electron chi connectivity index (χ3n) is 7.30. The predicted octanol–water partition coefficient (Wildman–Crippen LogP) is 4.88. The Hall–Kier alpha value is -2.78. The van der Waals surface area contributed by atoms with Crippen molar-refractivity contribution in [2.24, 2.45) is 10.8 Å². The third-order valence-corrected chi connectivity index (χ3v) is 7.30. The second-order valence-electron chi connectivity index (χ2n) is 10.3. The molecule has 2 N–H and O–H groups in total. The van der Waals surface area contributed by atoms with Gasteiger partial charge in [-0.1, -0.05) is 36.4 Å². The summed E-state index contributed by atoms with van der Waals surface area (Å²) in [5.74, 6) is 6.29. The molecule has 1 saturated heterocycles. The van der Waals surface area contributed by atoms with Crippen molar-refractivity contribution in [1.29, 1.82) is 0 Å². The molecule has 1 aliphatic heterocycles. The Morgan fingerprint density at radius 1 is 1.13 bits per heavy atom. The molecule has 0 bridgehead atoms. The molecule has 0 radical (unpaired) electrons. The minimum Gasteiger partial charge on any atom is -0.378 e. The van der Waals surface area contributed by atoms with Gasteiger partial charge in [0.1, 0.15) is 6.67 Å². The van der Waals surface area contributed by atoms with E-state index in [2.05, 4.69) is 71.9 Å². The standard InChI is InChI=1S/C30H44FN5O2/c1-22-17-28(19-30(37-6)38-22)35(5)16-15-26(33-2)21-36(32)29(20-31)18-23-7-9-24(10-8-23)25-11-13-27(14-12-25)34(3)4/h7-14,21-22,28-30H,2,15-20,32H2,1,3-6H3/b26-21-/t22-,28+,29+,30-/m1/s1. The molecule has 0 unspecified atom stereocenters. The zero-order chi connectivity index (χ0) is 27.7. The Balaban J connectivity index is 1.57. The van der Waals surface area contributed by atoms with Crippen LogP contribution >= 0.6 is 0 Å². The van der Waals surface area contributed by atoms with Gasteiger partial charge in [0, 0.05) is 58.5 Å². The first kappa shape index (κ1) is 29.8. The molecule has 2 aromatic rings. The molecule has 1 aliphatic rings. The third kappa shape index (κ3) is 8.36. The number of alkyl halides is 1. The van der Waals surface area contributed by atoms with E-state index in [1.54, 1.807) is 13.3 Å². The number of halogens is 1. The SMILES string of the molecule is C=N/C(=C\N(N)[C@H](CF)Cc1ccc(-c2ccc(N(C)C)cc2)cc1)CCN(C)[C@@H]1C[C@H](OC)O[C@H](C)C1. The summed E-state index contributed by atoms with van der Waals surface area (Å²) in [4.78, 5) is 8.54. The first-order valence-electron chi connectivity index (χ1n) is 13.3. The molecule has 0 saturated carbocycles. The Morgan fingerprint density at radius 3 is 2.32 bits per heavy atom. The van der Waals surface area contributed by atoms with Crippen LogP contribution in [0.25, 0.3) is 11.1 Å². The first-order valence-corrected chi connectivity index (χ1v) is 13.3. The summed E-state index contributed by atoms with van der Waals surface area (Å²) in [6.07, 6.45) is 4.62. The molecule has 2 aromatic carbocycles. The summed E-state index contributed by atoms with van der Waals surface area (Å²) >= 11 is 0. The number of rotatable bonds is 13. The molecule has 38 heavy (non-hydrogen) atoms. The molecule has 1 heterocycles. The van der Waals surface area contributed by atoms with Gasteiger partial charge in [-0.05, 0) is 62.4 Å². The number of aliphatic imine (C=N–C) groups is 1. The van der Waals surface area contributed by atoms with Gasteiger partial charge in [-0.2, -0.15) is 0 Å². The van der Waals surface area contributed by atoms with E-state index < -0.39 is 12.7 Å². The van der Waals surface area contributed by atoms with Gasteiger partial charge in [-0.15, -0.1) is 0 Å². The Morgan fingerprint density at radius 2 is 1.76 bits per heavy atom. The Labute approximate surface area is 227 Å². The average molecular weight is 526 g/mol. The molecule has 0 spiro atoms. The number of benzene rings is 2. The van der Waals surface area contributed by atoms with Gasteiger partial charge in [0.05, 0.1) is 17.8 Å². The molecule has 4 atom stereocenters. The highest BCUT2D eigenvalue weighted by Gasteiger charge is 2.29. The van der Waals surface area contributed by atoms with Crippen molar-refractivity contribution in [2.75, 3.05) is 46.4 Å². The van der Waals surface area contributed by atoms with Gasteiger partial charge in [-0.25, -0.2) is 10.2 Å². The van der Waals surface area contributed by atoms with Gasteiger partial charge >= 0.3 is 0 Å². The summed E-state index contributed by atoms with van der Waals surface area (Å²) < 4.78 is 25.2. The number of nitrogens with zero attached hydrogens (tertiary/aromatic N) is 4. The summed E-state index contributed by atoms with van der Waals surface area (Å²) in [5, 5.41) is 1.44. The summed E-state index contributed by atoms with van der Waals surface area (Å²) in [5.41, 5.74) is 5.19. The topological polar surface area (TPSA) is 66.6 Å². The second-order valence-corrected chi connectivity index (χ2v) is 10.3. The lowest BCUT2D eigenvalue weighted by molar-refractivity contribution is -0.189. The lowest BCUT2D eigenvalue weighted by atomic mass is 10.0. The van der Waals surface area contributed by atoms with Gasteiger partial charge in [0.2, 0.25) is 0 Å². The molecule has 0 amide bonds. The van der Waals surface area contributed by atoms with Crippen molar-refractivity contribution in [3.05, 3.63) is 66.0 Å². The van der Waals surface area contributed by atoms with Crippen LogP contribution in [0.2, 0.25) is 0 Å². The summed E-state index contributed by atoms with van der Waals surface area (Å²) in [6, 6.07) is 16.5. The maximum atomic E-state index is 14.0. The molecule has 3 rings (SSSR count). The van der Waals surface area contributed by atoms with Crippen LogP contribution in [0.5, 0.6) is 0 Å². The molecule has 0 aliphatic carbocycles. The second kappa shape index (κ2) is 14.4. The van der Waals surface area contributed by atoms with Crippen molar-refractivity contribution in [1.82, 2.24) is 9.91 Å². The number of methoxy groups -OCH3 is 1. The van der Waals surface area contributed by atoms with Crippen LogP contribution in [-0.2, 0) is 15.9 Å². The molecular formula is C30H44FN5O2. The highest BCUT2D eigenvalue weighted by Crippen LogP contribution is 2.25. The fraction of sp³-hybridized carbons (Fsp3) is 0.500. The largest absolute Gasteiger partial charge is 0.378 e. The lowest BCUT2D eigenvalue weighted by Gasteiger charge is -2.38. The normalized spacial score (nSPS) is 20.8. The molecular weight excluding hydrogens is 481 g/mol. The van der Waals surface area contributed by atoms with Gasteiger partial charge < -0.3 is 24.3 Å². The quantitative estimate of drug-likeness (QED) is 0.228. The molecule has 7 nitrogen and oxygen atoms in total. The maximum Gasteiger partial charge on any atom is 0.159 e. The zero-order valence-corrected chi connectivity index (χ0v) is 23.5. The van der Waals surface area contributed by atoms with Crippen LogP contribution in [-0.4, -0.2) is 82.6 Å². The fourth-order valence-electron chi connectivity index (χ4n) is 4.82. The zero-order valence-electron chi connectivity index (χ0n) is 23.5. The van der Waals surface area contributed by atoms with Crippen molar-refractivity contribution in [3.8, 4) is 11.1 Å². The predicted molar refractivity (Wildman–Crippen MR) is 155 cm³/mol. The Bertz CT molecular complexity index is 1030. The first-order chi connectivity index (χ1) is 18.2. The van der Waals surface area contributed by atoms with Crippen molar-refractivity contribution < 1.29 is 13.9 Å². The van der Waals surface area contributed by atoms with Crippen LogP contribution in [0.15, 0.2) is 65.4 Å². The van der Waals surface area contributed by atoms with Crippen LogP contribution in [0, 0.1) is 0 Å².